The lowest BCUT2D eigenvalue weighted by Crippen LogP contribution is -2.30. The van der Waals surface area contributed by atoms with E-state index in [0.717, 1.165) is 13.1 Å². The summed E-state index contributed by atoms with van der Waals surface area (Å²) in [5.74, 6) is 0. The molecule has 0 aromatic heterocycles. The number of nitrogens with zero attached hydrogens (tertiary/aromatic N) is 1. The summed E-state index contributed by atoms with van der Waals surface area (Å²) in [6.45, 7) is 6.75. The summed E-state index contributed by atoms with van der Waals surface area (Å²) in [6, 6.07) is 0. The first-order valence-electron chi connectivity index (χ1n) is 3.34. The zero-order chi connectivity index (χ0) is 6.04. The molecule has 0 atom stereocenters. The molecule has 1 aliphatic heterocycles. The van der Waals surface area contributed by atoms with E-state index >= 15 is 0 Å². The molecule has 0 bridgehead atoms. The van der Waals surface area contributed by atoms with Gasteiger partial charge in [0.2, 0.25) is 0 Å². The molecule has 1 aliphatic rings. The van der Waals surface area contributed by atoms with Gasteiger partial charge in [-0.1, -0.05) is 13.8 Å². The SMILES string of the molecule is CC1(C)CCC[N]C1. The predicted molar refractivity (Wildman–Crippen MR) is 34.9 cm³/mol. The normalized spacial score (nSPS) is 27.8. The topological polar surface area (TPSA) is 14.1 Å². The van der Waals surface area contributed by atoms with E-state index in [-0.39, 0.29) is 0 Å². The van der Waals surface area contributed by atoms with Crippen molar-refractivity contribution >= 4 is 0 Å². The Morgan fingerprint density at radius 1 is 1.38 bits per heavy atom. The van der Waals surface area contributed by atoms with Crippen LogP contribution in [0.1, 0.15) is 26.7 Å². The maximum Gasteiger partial charge on any atom is 0.0184 e. The maximum atomic E-state index is 4.33. The van der Waals surface area contributed by atoms with Gasteiger partial charge in [0.05, 0.1) is 0 Å². The monoisotopic (exact) mass is 112 g/mol. The Labute approximate surface area is 51.5 Å². The van der Waals surface area contributed by atoms with Gasteiger partial charge in [0.15, 0.2) is 0 Å². The molecule has 0 unspecified atom stereocenters. The van der Waals surface area contributed by atoms with Gasteiger partial charge in [-0.25, -0.2) is 5.32 Å². The van der Waals surface area contributed by atoms with E-state index in [4.69, 9.17) is 0 Å². The summed E-state index contributed by atoms with van der Waals surface area (Å²) in [6.07, 6.45) is 2.66. The van der Waals surface area contributed by atoms with Crippen molar-refractivity contribution in [1.29, 1.82) is 0 Å². The average molecular weight is 112 g/mol. The van der Waals surface area contributed by atoms with Crippen LogP contribution in [0.4, 0.5) is 0 Å². The molecule has 1 nitrogen and oxygen atoms in total. The molecule has 1 rings (SSSR count). The molecule has 8 heavy (non-hydrogen) atoms. The van der Waals surface area contributed by atoms with Crippen molar-refractivity contribution in [3.05, 3.63) is 0 Å². The predicted octanol–water partition coefficient (Wildman–Crippen LogP) is 1.41. The highest BCUT2D eigenvalue weighted by Crippen LogP contribution is 2.23. The molecule has 1 saturated heterocycles. The summed E-state index contributed by atoms with van der Waals surface area (Å²) in [5, 5.41) is 4.33. The zero-order valence-electron chi connectivity index (χ0n) is 5.78. The minimum Gasteiger partial charge on any atom is -0.241 e. The van der Waals surface area contributed by atoms with Crippen molar-refractivity contribution in [2.75, 3.05) is 13.1 Å². The lowest BCUT2D eigenvalue weighted by molar-refractivity contribution is 0.261. The van der Waals surface area contributed by atoms with E-state index in [1.54, 1.807) is 0 Å². The third-order valence-electron chi connectivity index (χ3n) is 1.71. The van der Waals surface area contributed by atoms with Crippen molar-refractivity contribution in [1.82, 2.24) is 5.32 Å². The van der Waals surface area contributed by atoms with E-state index < -0.39 is 0 Å². The second-order valence-electron chi connectivity index (χ2n) is 3.37. The molecule has 1 fully saturated rings. The lowest BCUT2D eigenvalue weighted by Gasteiger charge is -2.28. The fourth-order valence-corrected chi connectivity index (χ4v) is 1.13. The Hall–Kier alpha value is -0.0400. The molecule has 1 radical (unpaired) electrons. The standard InChI is InChI=1S/C7H14N/c1-7(2)4-3-5-8-6-7/h3-6H2,1-2H3. The van der Waals surface area contributed by atoms with Gasteiger partial charge in [0.1, 0.15) is 0 Å². The van der Waals surface area contributed by atoms with Crippen LogP contribution in [-0.4, -0.2) is 13.1 Å². The van der Waals surface area contributed by atoms with Crippen LogP contribution in [0, 0.1) is 5.41 Å². The molecule has 1 heteroatoms. The maximum absolute atomic E-state index is 4.33. The lowest BCUT2D eigenvalue weighted by atomic mass is 9.85. The van der Waals surface area contributed by atoms with Gasteiger partial charge >= 0.3 is 0 Å². The van der Waals surface area contributed by atoms with Crippen molar-refractivity contribution in [2.24, 2.45) is 5.41 Å². The number of hydrogen-bond donors (Lipinski definition) is 0. The third-order valence-corrected chi connectivity index (χ3v) is 1.71. The van der Waals surface area contributed by atoms with Crippen LogP contribution < -0.4 is 5.32 Å². The first kappa shape index (κ1) is 6.09. The van der Waals surface area contributed by atoms with Gasteiger partial charge in [0, 0.05) is 13.1 Å². The van der Waals surface area contributed by atoms with Gasteiger partial charge in [-0.05, 0) is 18.3 Å². The highest BCUT2D eigenvalue weighted by Gasteiger charge is 2.20. The van der Waals surface area contributed by atoms with Crippen LogP contribution in [0.25, 0.3) is 0 Å². The molecule has 0 N–H and O–H groups in total. The number of hydrogen-bond acceptors (Lipinski definition) is 0. The fraction of sp³-hybridized carbons (Fsp3) is 1.00. The summed E-state index contributed by atoms with van der Waals surface area (Å²) in [7, 11) is 0. The average Bonchev–Trinajstić information content (AvgIpc) is 1.65. The van der Waals surface area contributed by atoms with E-state index in [1.807, 2.05) is 0 Å². The summed E-state index contributed by atoms with van der Waals surface area (Å²) in [5.41, 5.74) is 0.512. The molecule has 47 valence electrons. The van der Waals surface area contributed by atoms with E-state index in [9.17, 15) is 0 Å². The van der Waals surface area contributed by atoms with Crippen molar-refractivity contribution < 1.29 is 0 Å². The van der Waals surface area contributed by atoms with Crippen LogP contribution in [0.5, 0.6) is 0 Å². The van der Waals surface area contributed by atoms with Gasteiger partial charge in [-0.2, -0.15) is 0 Å². The van der Waals surface area contributed by atoms with Gasteiger partial charge in [-0.15, -0.1) is 0 Å². The van der Waals surface area contributed by atoms with Gasteiger partial charge < -0.3 is 0 Å². The summed E-state index contributed by atoms with van der Waals surface area (Å²) >= 11 is 0. The van der Waals surface area contributed by atoms with Crippen LogP contribution in [0.3, 0.4) is 0 Å². The van der Waals surface area contributed by atoms with Crippen LogP contribution >= 0.6 is 0 Å². The van der Waals surface area contributed by atoms with Crippen molar-refractivity contribution in [2.45, 2.75) is 26.7 Å². The Bertz CT molecular complexity index is 68.5. The Morgan fingerprint density at radius 2 is 2.12 bits per heavy atom. The van der Waals surface area contributed by atoms with Gasteiger partial charge in [0.25, 0.3) is 0 Å². The molecule has 0 amide bonds. The van der Waals surface area contributed by atoms with E-state index in [2.05, 4.69) is 19.2 Å². The molecule has 0 aliphatic carbocycles. The smallest absolute Gasteiger partial charge is 0.0184 e. The zero-order valence-corrected chi connectivity index (χ0v) is 5.78. The fourth-order valence-electron chi connectivity index (χ4n) is 1.13. The third kappa shape index (κ3) is 1.48. The minimum atomic E-state index is 0.512. The second kappa shape index (κ2) is 2.06. The number of rotatable bonds is 0. The molecule has 0 spiro atoms. The van der Waals surface area contributed by atoms with E-state index in [1.165, 1.54) is 12.8 Å². The summed E-state index contributed by atoms with van der Waals surface area (Å²) in [4.78, 5) is 0. The minimum absolute atomic E-state index is 0.512. The number of piperidine rings is 1. The molecule has 0 aromatic rings. The highest BCUT2D eigenvalue weighted by molar-refractivity contribution is 4.75. The highest BCUT2D eigenvalue weighted by atomic mass is 14.9. The second-order valence-corrected chi connectivity index (χ2v) is 3.37. The van der Waals surface area contributed by atoms with E-state index in [0.29, 0.717) is 5.41 Å². The molecule has 0 aromatic carbocycles. The van der Waals surface area contributed by atoms with Crippen LogP contribution in [-0.2, 0) is 0 Å². The molecular formula is C7H14N. The Morgan fingerprint density at radius 3 is 2.38 bits per heavy atom. The van der Waals surface area contributed by atoms with Crippen molar-refractivity contribution in [3.63, 3.8) is 0 Å². The quantitative estimate of drug-likeness (QED) is 0.450. The van der Waals surface area contributed by atoms with Crippen LogP contribution in [0.2, 0.25) is 0 Å². The Kier molecular flexibility index (Phi) is 1.57. The molecular weight excluding hydrogens is 98.1 g/mol. The van der Waals surface area contributed by atoms with Crippen molar-refractivity contribution in [3.8, 4) is 0 Å². The summed E-state index contributed by atoms with van der Waals surface area (Å²) < 4.78 is 0. The Balaban J connectivity index is 2.33. The molecule has 0 saturated carbocycles. The van der Waals surface area contributed by atoms with Crippen LogP contribution in [0.15, 0.2) is 0 Å². The first-order valence-corrected chi connectivity index (χ1v) is 3.34. The van der Waals surface area contributed by atoms with Gasteiger partial charge in [-0.3, -0.25) is 0 Å². The molecule has 1 heterocycles. The largest absolute Gasteiger partial charge is 0.241 e. The first-order chi connectivity index (χ1) is 3.71.